The van der Waals surface area contributed by atoms with Crippen LogP contribution in [-0.4, -0.2) is 30.1 Å². The molecule has 0 bridgehead atoms. The maximum absolute atomic E-state index is 14.6. The van der Waals surface area contributed by atoms with E-state index in [0.717, 1.165) is 23.1 Å². The molecule has 1 aliphatic rings. The number of hydrogen-bond donors (Lipinski definition) is 1. The highest BCUT2D eigenvalue weighted by atomic mass is 35.5. The average Bonchev–Trinajstić information content (AvgIpc) is 3.35. The van der Waals surface area contributed by atoms with E-state index in [1.54, 1.807) is 0 Å². The van der Waals surface area contributed by atoms with Gasteiger partial charge in [-0.1, -0.05) is 58.0 Å². The molecule has 2 atom stereocenters. The van der Waals surface area contributed by atoms with Gasteiger partial charge in [-0.3, -0.25) is 4.79 Å². The molecule has 1 aliphatic carbocycles. The normalized spacial score (nSPS) is 19.9. The van der Waals surface area contributed by atoms with Gasteiger partial charge in [0.2, 0.25) is 0 Å². The molecule has 1 fully saturated rings. The van der Waals surface area contributed by atoms with Crippen LogP contribution < -0.4 is 10.2 Å². The molecule has 2 unspecified atom stereocenters. The molecule has 0 spiro atoms. The predicted molar refractivity (Wildman–Crippen MR) is 141 cm³/mol. The lowest BCUT2D eigenvalue weighted by molar-refractivity contribution is -0.112. The first-order valence-electron chi connectivity index (χ1n) is 10.6. The van der Waals surface area contributed by atoms with Crippen molar-refractivity contribution >= 4 is 81.6 Å². The zero-order valence-electron chi connectivity index (χ0n) is 18.8. The predicted octanol–water partition coefficient (Wildman–Crippen LogP) is 7.91. The van der Waals surface area contributed by atoms with Crippen molar-refractivity contribution < 1.29 is 22.8 Å². The van der Waals surface area contributed by atoms with Gasteiger partial charge in [-0.15, -0.1) is 0 Å². The average molecular weight is 611 g/mol. The number of aldehydes is 1. The molecular formula is C25H16Cl5F3N2O2. The molecule has 4 nitrogen and oxygen atoms in total. The minimum atomic E-state index is -1.53. The van der Waals surface area contributed by atoms with Gasteiger partial charge in [0.05, 0.1) is 31.7 Å². The highest BCUT2D eigenvalue weighted by Crippen LogP contribution is 2.73. The SMILES string of the molecule is CN(C(=O)c1cc(NCC2(C=O)C(c3cc(Cl)c(Cl)c(Cl)c3)C2(Cl)Cl)ccc1F)c1ccc(F)cc1F. The molecule has 0 heterocycles. The molecule has 37 heavy (non-hydrogen) atoms. The first kappa shape index (κ1) is 27.9. The van der Waals surface area contributed by atoms with Crippen molar-refractivity contribution in [2.75, 3.05) is 23.8 Å². The van der Waals surface area contributed by atoms with Gasteiger partial charge >= 0.3 is 0 Å². The van der Waals surface area contributed by atoms with E-state index in [2.05, 4.69) is 5.32 Å². The Balaban J connectivity index is 1.58. The van der Waals surface area contributed by atoms with Crippen LogP contribution in [0.4, 0.5) is 24.5 Å². The zero-order valence-corrected chi connectivity index (χ0v) is 22.5. The Morgan fingerprint density at radius 2 is 1.65 bits per heavy atom. The van der Waals surface area contributed by atoms with Crippen LogP contribution in [0.5, 0.6) is 0 Å². The molecule has 0 saturated heterocycles. The van der Waals surface area contributed by atoms with Gasteiger partial charge in [-0.05, 0) is 48.0 Å². The Labute approximate surface area is 235 Å². The second-order valence-corrected chi connectivity index (χ2v) is 11.1. The zero-order chi connectivity index (χ0) is 27.3. The lowest BCUT2D eigenvalue weighted by Crippen LogP contribution is -2.28. The topological polar surface area (TPSA) is 49.4 Å². The number of rotatable bonds is 7. The van der Waals surface area contributed by atoms with E-state index < -0.39 is 39.0 Å². The molecule has 1 N–H and O–H groups in total. The number of alkyl halides is 2. The van der Waals surface area contributed by atoms with Gasteiger partial charge in [-0.2, -0.15) is 0 Å². The van der Waals surface area contributed by atoms with E-state index in [1.165, 1.54) is 31.3 Å². The number of nitrogens with one attached hydrogen (secondary N) is 1. The quantitative estimate of drug-likeness (QED) is 0.168. The summed E-state index contributed by atoms with van der Waals surface area (Å²) >= 11 is 31.3. The minimum absolute atomic E-state index is 0.0896. The van der Waals surface area contributed by atoms with Crippen molar-refractivity contribution in [1.82, 2.24) is 0 Å². The van der Waals surface area contributed by atoms with Crippen LogP contribution in [0.25, 0.3) is 0 Å². The van der Waals surface area contributed by atoms with Crippen LogP contribution >= 0.6 is 58.0 Å². The summed E-state index contributed by atoms with van der Waals surface area (Å²) in [6, 6.07) is 9.28. The van der Waals surface area contributed by atoms with E-state index in [4.69, 9.17) is 58.0 Å². The lowest BCUT2D eigenvalue weighted by Gasteiger charge is -2.19. The summed E-state index contributed by atoms with van der Waals surface area (Å²) in [5, 5.41) is 3.43. The van der Waals surface area contributed by atoms with Crippen molar-refractivity contribution in [3.05, 3.63) is 92.2 Å². The van der Waals surface area contributed by atoms with Gasteiger partial charge in [0.15, 0.2) is 0 Å². The number of nitrogens with zero attached hydrogens (tertiary/aromatic N) is 1. The van der Waals surface area contributed by atoms with E-state index in [1.807, 2.05) is 0 Å². The maximum atomic E-state index is 14.6. The van der Waals surface area contributed by atoms with Gasteiger partial charge in [0.1, 0.15) is 28.1 Å². The number of anilines is 2. The Morgan fingerprint density at radius 3 is 2.24 bits per heavy atom. The molecular weight excluding hydrogens is 595 g/mol. The number of carbonyl (C=O) groups is 2. The molecule has 0 radical (unpaired) electrons. The van der Waals surface area contributed by atoms with E-state index in [0.29, 0.717) is 17.9 Å². The van der Waals surface area contributed by atoms with Crippen molar-refractivity contribution in [1.29, 1.82) is 0 Å². The molecule has 3 aromatic rings. The lowest BCUT2D eigenvalue weighted by atomic mass is 10.00. The van der Waals surface area contributed by atoms with Gasteiger partial charge in [-0.25, -0.2) is 13.2 Å². The van der Waals surface area contributed by atoms with Gasteiger partial charge < -0.3 is 15.0 Å². The number of benzene rings is 3. The van der Waals surface area contributed by atoms with Gasteiger partial charge in [0.25, 0.3) is 5.91 Å². The molecule has 0 aromatic heterocycles. The number of amides is 1. The van der Waals surface area contributed by atoms with Crippen molar-refractivity contribution in [3.63, 3.8) is 0 Å². The fraction of sp³-hybridized carbons (Fsp3) is 0.200. The summed E-state index contributed by atoms with van der Waals surface area (Å²) in [7, 11) is 1.23. The largest absolute Gasteiger partial charge is 0.384 e. The third-order valence-corrected chi connectivity index (χ3v) is 8.66. The summed E-state index contributed by atoms with van der Waals surface area (Å²) in [4.78, 5) is 26.0. The number of carbonyl (C=O) groups excluding carboxylic acids is 2. The Bertz CT molecular complexity index is 1400. The first-order valence-corrected chi connectivity index (χ1v) is 12.5. The fourth-order valence-corrected chi connectivity index (χ4v) is 5.81. The molecule has 4 rings (SSSR count). The molecule has 3 aromatic carbocycles. The van der Waals surface area contributed by atoms with E-state index in [9.17, 15) is 22.8 Å². The van der Waals surface area contributed by atoms with E-state index >= 15 is 0 Å². The monoisotopic (exact) mass is 608 g/mol. The first-order chi connectivity index (χ1) is 17.3. The smallest absolute Gasteiger partial charge is 0.261 e. The standard InChI is InChI=1S/C25H16Cl5F3N2O2/c1-35(20-5-2-13(31)8-19(20)33)23(37)15-9-14(3-4-18(15)32)34-10-24(11-36)22(25(24,29)30)12-6-16(26)21(28)17(27)7-12/h2-9,11,22,34H,10H2,1H3. The van der Waals surface area contributed by atoms with Crippen molar-refractivity contribution in [3.8, 4) is 0 Å². The third-order valence-electron chi connectivity index (χ3n) is 6.32. The second-order valence-electron chi connectivity index (χ2n) is 8.52. The van der Waals surface area contributed by atoms with Crippen LogP contribution in [0.1, 0.15) is 21.8 Å². The molecule has 12 heteroatoms. The molecule has 0 aliphatic heterocycles. The van der Waals surface area contributed by atoms with Crippen LogP contribution in [-0.2, 0) is 4.79 Å². The van der Waals surface area contributed by atoms with Gasteiger partial charge in [0, 0.05) is 31.3 Å². The van der Waals surface area contributed by atoms with E-state index in [-0.39, 0.29) is 38.6 Å². The summed E-state index contributed by atoms with van der Waals surface area (Å²) in [5.41, 5.74) is -1.18. The number of hydrogen-bond acceptors (Lipinski definition) is 3. The Hall–Kier alpha value is -2.16. The summed E-state index contributed by atoms with van der Waals surface area (Å²) < 4.78 is 40.4. The summed E-state index contributed by atoms with van der Waals surface area (Å²) in [5.74, 6) is -4.25. The molecule has 1 amide bonds. The van der Waals surface area contributed by atoms with Crippen molar-refractivity contribution in [2.24, 2.45) is 5.41 Å². The highest BCUT2D eigenvalue weighted by Gasteiger charge is 2.76. The third kappa shape index (κ3) is 4.88. The van der Waals surface area contributed by atoms with Crippen LogP contribution in [0, 0.1) is 22.9 Å². The Kier molecular flexibility index (Phi) is 7.68. The Morgan fingerprint density at radius 1 is 1.00 bits per heavy atom. The molecule has 1 saturated carbocycles. The summed E-state index contributed by atoms with van der Waals surface area (Å²) in [6.07, 6.45) is 0.613. The minimum Gasteiger partial charge on any atom is -0.384 e. The fourth-order valence-electron chi connectivity index (χ4n) is 4.22. The van der Waals surface area contributed by atoms with Crippen LogP contribution in [0.2, 0.25) is 15.1 Å². The van der Waals surface area contributed by atoms with Crippen LogP contribution in [0.15, 0.2) is 48.5 Å². The molecule has 194 valence electrons. The van der Waals surface area contributed by atoms with Crippen LogP contribution in [0.3, 0.4) is 0 Å². The highest BCUT2D eigenvalue weighted by molar-refractivity contribution is 6.54. The number of halogens is 8. The second kappa shape index (κ2) is 10.2. The maximum Gasteiger partial charge on any atom is 0.261 e. The van der Waals surface area contributed by atoms with Crippen molar-refractivity contribution in [2.45, 2.75) is 10.3 Å². The summed E-state index contributed by atoms with van der Waals surface area (Å²) in [6.45, 7) is -0.0896.